The summed E-state index contributed by atoms with van der Waals surface area (Å²) < 4.78 is 25.9. The fourth-order valence-corrected chi connectivity index (χ4v) is 17.0. The van der Waals surface area contributed by atoms with Crippen molar-refractivity contribution in [2.24, 2.45) is 39.7 Å². The van der Waals surface area contributed by atoms with E-state index in [1.165, 1.54) is 46.3 Å². The number of anilines is 1. The standard InChI is InChI=1S/C64H81N7O16S/c1-36(2)88-47-27-52(77)71(56(47)81)22-20-50(75)66-30-51(76)68-45(17-18-53(78)79)55(80)67-41-14-9-38(10-15-41)32-84-58(82)69(5)23-24-70(6)59(83)85-46-29-61(4)44(43-16-13-40-25-42(73)19-21-60(40,3)54(43)46)26-49-64(61,48(74)31-72)87-57(86-49)39-11-7-37(8-12-39)28-62-33-63(65,34-62)35-62/h7-12,14-15,19,21,25,36,43-47,49,54,57,72H,13,16-18,20,22-24,26-35,65H2,1-6H3,(H,66,75)(H,67,80)(H,68,76)(H,78,79)/t43-,44-,45-,46-,47?,49+,54+,57+,60-,61-,62?,63?,64+/m0/s1. The van der Waals surface area contributed by atoms with E-state index in [0.717, 1.165) is 41.7 Å². The van der Waals surface area contributed by atoms with Gasteiger partial charge in [0.2, 0.25) is 29.5 Å². The van der Waals surface area contributed by atoms with Crippen LogP contribution in [0.5, 0.6) is 0 Å². The second-order valence-electron chi connectivity index (χ2n) is 26.4. The summed E-state index contributed by atoms with van der Waals surface area (Å²) >= 11 is 1.37. The van der Waals surface area contributed by atoms with E-state index in [2.05, 4.69) is 35.0 Å². The Balaban J connectivity index is 0.719. The zero-order valence-electron chi connectivity index (χ0n) is 50.7. The highest BCUT2D eigenvalue weighted by atomic mass is 32.2. The average molecular weight is 1240 g/mol. The molecule has 7 amide bonds. The number of carbonyl (C=O) groups excluding carboxylic acids is 9. The molecule has 2 saturated heterocycles. The Morgan fingerprint density at radius 1 is 0.909 bits per heavy atom. The number of likely N-dealkylation sites (tertiary alicyclic amines) is 1. The van der Waals surface area contributed by atoms with E-state index >= 15 is 0 Å². The molecule has 6 saturated carbocycles. The fourth-order valence-electron chi connectivity index (χ4n) is 15.9. The third-order valence-corrected chi connectivity index (χ3v) is 21.2. The molecule has 2 aromatic carbocycles. The molecule has 2 bridgehead atoms. The van der Waals surface area contributed by atoms with Crippen LogP contribution >= 0.6 is 11.8 Å². The van der Waals surface area contributed by atoms with Gasteiger partial charge in [0.15, 0.2) is 23.5 Å². The van der Waals surface area contributed by atoms with Gasteiger partial charge in [-0.05, 0) is 116 Å². The average Bonchev–Trinajstić information content (AvgIpc) is 1.37. The van der Waals surface area contributed by atoms with Crippen molar-refractivity contribution < 1.29 is 77.1 Å². The second kappa shape index (κ2) is 25.1. The number of aliphatic hydroxyl groups is 1. The number of carboxylic acid groups (broad SMARTS) is 1. The number of hydrogen-bond donors (Lipinski definition) is 6. The van der Waals surface area contributed by atoms with Gasteiger partial charge in [-0.25, -0.2) is 9.59 Å². The van der Waals surface area contributed by atoms with Crippen molar-refractivity contribution in [3.05, 3.63) is 89.0 Å². The number of aliphatic carboxylic acids is 1. The van der Waals surface area contributed by atoms with Gasteiger partial charge in [0, 0.05) is 86.5 Å². The Kier molecular flexibility index (Phi) is 18.3. The predicted octanol–water partition coefficient (Wildman–Crippen LogP) is 5.12. The highest BCUT2D eigenvalue weighted by Gasteiger charge is 2.76. The molecule has 0 radical (unpaired) electrons. The van der Waals surface area contributed by atoms with Crippen LogP contribution < -0.4 is 21.7 Å². The van der Waals surface area contributed by atoms with Crippen LogP contribution in [0.4, 0.5) is 15.3 Å². The third kappa shape index (κ3) is 12.6. The first-order valence-electron chi connectivity index (χ1n) is 30.4. The molecule has 7 N–H and O–H groups in total. The number of allylic oxidation sites excluding steroid dienone is 4. The third-order valence-electron chi connectivity index (χ3n) is 20.0. The first kappa shape index (κ1) is 64.0. The van der Waals surface area contributed by atoms with Crippen LogP contribution in [0, 0.1) is 34.0 Å². The van der Waals surface area contributed by atoms with Gasteiger partial charge in [-0.1, -0.05) is 75.7 Å². The van der Waals surface area contributed by atoms with Crippen molar-refractivity contribution in [1.29, 1.82) is 0 Å². The number of carbonyl (C=O) groups is 10. The largest absolute Gasteiger partial charge is 0.481 e. The van der Waals surface area contributed by atoms with Crippen LogP contribution in [0.25, 0.3) is 0 Å². The Morgan fingerprint density at radius 3 is 2.25 bits per heavy atom. The minimum atomic E-state index is -1.56. The summed E-state index contributed by atoms with van der Waals surface area (Å²) in [6.45, 7) is 6.36. The van der Waals surface area contributed by atoms with E-state index in [9.17, 15) is 58.2 Å². The molecular formula is C64H81N7O16S. The SMILES string of the molecule is CC(C)SC1CC(=O)N(CCC(=O)NCC(=O)N[C@@H](CCC(=O)O)C(=O)Nc2ccc(COC(=O)N(C)CCN(C)C(=O)O[C@H]3C[C@@]4(C)[C@@H](C[C@H]5O[C@@H](c6ccc(CC78CC(N)(C7)C8)cc6)O[C@]54C(=O)CO)[C@@H]4CCC5=CC(=O)C=C[C@]5(C)[C@H]43)cc2)C1=O. The number of nitrogens with two attached hydrogens (primary N) is 1. The quantitative estimate of drug-likeness (QED) is 0.0743. The number of Topliss-reactive ketones (excluding diaryl/α,β-unsaturated/α-hetero) is 1. The lowest BCUT2D eigenvalue weighted by Gasteiger charge is -2.69. The number of rotatable bonds is 24. The van der Waals surface area contributed by atoms with E-state index < -0.39 is 107 Å². The number of fused-ring (bicyclic) bond motifs is 7. The van der Waals surface area contributed by atoms with E-state index in [4.69, 9.17) is 24.7 Å². The number of aliphatic hydroxyl groups excluding tert-OH is 1. The van der Waals surface area contributed by atoms with Gasteiger partial charge in [0.25, 0.3) is 0 Å². The van der Waals surface area contributed by atoms with Crippen molar-refractivity contribution in [3.63, 3.8) is 0 Å². The topological polar surface area (TPSA) is 320 Å². The zero-order valence-corrected chi connectivity index (χ0v) is 51.5. The molecule has 11 atom stereocenters. The summed E-state index contributed by atoms with van der Waals surface area (Å²) in [5, 5.41) is 27.2. The number of imide groups is 1. The van der Waals surface area contributed by atoms with Crippen LogP contribution in [0.3, 0.4) is 0 Å². The number of ether oxygens (including phenoxy) is 4. The minimum Gasteiger partial charge on any atom is -0.481 e. The molecule has 2 aromatic rings. The molecule has 24 heteroatoms. The molecule has 23 nitrogen and oxygen atoms in total. The predicted molar refractivity (Wildman–Crippen MR) is 319 cm³/mol. The van der Waals surface area contributed by atoms with Gasteiger partial charge >= 0.3 is 18.2 Å². The molecular weight excluding hydrogens is 1150 g/mol. The van der Waals surface area contributed by atoms with Crippen LogP contribution in [-0.2, 0) is 70.3 Å². The van der Waals surface area contributed by atoms with Crippen LogP contribution in [0.2, 0.25) is 0 Å². The van der Waals surface area contributed by atoms with Crippen molar-refractivity contribution in [3.8, 4) is 0 Å². The van der Waals surface area contributed by atoms with E-state index in [1.54, 1.807) is 31.3 Å². The van der Waals surface area contributed by atoms with Crippen molar-refractivity contribution in [2.75, 3.05) is 52.2 Å². The van der Waals surface area contributed by atoms with E-state index in [1.807, 2.05) is 39.0 Å². The summed E-state index contributed by atoms with van der Waals surface area (Å²) in [6, 6.07) is 13.1. The summed E-state index contributed by atoms with van der Waals surface area (Å²) in [4.78, 5) is 134. The first-order valence-corrected chi connectivity index (χ1v) is 31.4. The molecule has 2 heterocycles. The number of benzene rings is 2. The van der Waals surface area contributed by atoms with E-state index in [0.29, 0.717) is 24.8 Å². The number of thioether (sulfide) groups is 1. The number of hydrogen-bond acceptors (Lipinski definition) is 17. The van der Waals surface area contributed by atoms with Crippen LogP contribution in [0.15, 0.2) is 72.3 Å². The molecule has 8 fully saturated rings. The monoisotopic (exact) mass is 1240 g/mol. The van der Waals surface area contributed by atoms with E-state index in [-0.39, 0.29) is 109 Å². The first-order chi connectivity index (χ1) is 41.7. The maximum Gasteiger partial charge on any atom is 0.409 e. The van der Waals surface area contributed by atoms with Crippen molar-refractivity contribution >= 4 is 76.7 Å². The maximum absolute atomic E-state index is 14.5. The Labute approximate surface area is 515 Å². The smallest absolute Gasteiger partial charge is 0.409 e. The number of ketones is 2. The van der Waals surface area contributed by atoms with Gasteiger partial charge in [-0.15, -0.1) is 11.8 Å². The highest BCUT2D eigenvalue weighted by Crippen LogP contribution is 2.71. The minimum absolute atomic E-state index is 0.00933. The number of likely N-dealkylation sites (N-methyl/N-ethyl adjacent to an activating group) is 2. The lowest BCUT2D eigenvalue weighted by molar-refractivity contribution is -0.201. The molecule has 2 aliphatic heterocycles. The van der Waals surface area contributed by atoms with Crippen molar-refractivity contribution in [2.45, 2.75) is 158 Å². The Morgan fingerprint density at radius 2 is 1.59 bits per heavy atom. The summed E-state index contributed by atoms with van der Waals surface area (Å²) in [5.41, 5.74) is 7.21. The van der Waals surface area contributed by atoms with Gasteiger partial charge < -0.3 is 60.6 Å². The molecule has 11 rings (SSSR count). The van der Waals surface area contributed by atoms with Crippen LogP contribution in [-0.4, -0.2) is 171 Å². The molecule has 7 aliphatic carbocycles. The fraction of sp³-hybridized carbons (Fsp3) is 0.594. The maximum atomic E-state index is 14.5. The lowest BCUT2D eigenvalue weighted by Crippen LogP contribution is -2.72. The Bertz CT molecular complexity index is 3170. The van der Waals surface area contributed by atoms with Gasteiger partial charge in [-0.3, -0.25) is 43.3 Å². The Hall–Kier alpha value is -6.99. The van der Waals surface area contributed by atoms with Crippen LogP contribution in [0.1, 0.15) is 121 Å². The highest BCUT2D eigenvalue weighted by molar-refractivity contribution is 8.01. The number of nitrogens with one attached hydrogen (secondary N) is 3. The number of amides is 7. The zero-order chi connectivity index (χ0) is 63.3. The van der Waals surface area contributed by atoms with Gasteiger partial charge in [0.05, 0.1) is 17.9 Å². The molecule has 0 spiro atoms. The molecule has 0 aromatic heterocycles. The summed E-state index contributed by atoms with van der Waals surface area (Å²) in [5.74, 6) is -5.18. The second-order valence-corrected chi connectivity index (χ2v) is 28.2. The molecule has 474 valence electrons. The molecule has 1 unspecified atom stereocenters. The molecule has 88 heavy (non-hydrogen) atoms. The number of nitrogens with zero attached hydrogens (tertiary/aromatic N) is 3. The summed E-state index contributed by atoms with van der Waals surface area (Å²) in [7, 11) is 3.08. The number of carboxylic acids is 1. The molecule has 9 aliphatic rings. The normalized spacial score (nSPS) is 31.6. The lowest BCUT2D eigenvalue weighted by atomic mass is 9.38. The van der Waals surface area contributed by atoms with Crippen molar-refractivity contribution in [1.82, 2.24) is 25.3 Å². The summed E-state index contributed by atoms with van der Waals surface area (Å²) in [6.07, 6.45) is 6.61. The van der Waals surface area contributed by atoms with Gasteiger partial charge in [-0.2, -0.15) is 0 Å². The van der Waals surface area contributed by atoms with Gasteiger partial charge in [0.1, 0.15) is 25.4 Å².